The lowest BCUT2D eigenvalue weighted by atomic mass is 10.1. The number of aromatic nitrogens is 2. The monoisotopic (exact) mass is 340 g/mol. The minimum Gasteiger partial charge on any atom is -0.481 e. The number of anilines is 1. The molecule has 25 heavy (non-hydrogen) atoms. The van der Waals surface area contributed by atoms with Gasteiger partial charge in [-0.2, -0.15) is 4.98 Å². The van der Waals surface area contributed by atoms with Crippen LogP contribution < -0.4 is 9.64 Å². The molecule has 2 aromatic rings. The van der Waals surface area contributed by atoms with E-state index in [1.807, 2.05) is 43.9 Å². The molecule has 0 saturated carbocycles. The molecule has 6 nitrogen and oxygen atoms in total. The van der Waals surface area contributed by atoms with Crippen molar-refractivity contribution in [3.8, 4) is 5.88 Å². The predicted molar refractivity (Wildman–Crippen MR) is 97.4 cm³/mol. The molecule has 0 N–H and O–H groups in total. The highest BCUT2D eigenvalue weighted by atomic mass is 16.5. The summed E-state index contributed by atoms with van der Waals surface area (Å²) in [7, 11) is 1.60. The Balaban J connectivity index is 1.69. The van der Waals surface area contributed by atoms with Gasteiger partial charge in [0.2, 0.25) is 5.88 Å². The highest BCUT2D eigenvalue weighted by molar-refractivity contribution is 5.94. The molecule has 0 radical (unpaired) electrons. The van der Waals surface area contributed by atoms with Gasteiger partial charge >= 0.3 is 0 Å². The maximum absolute atomic E-state index is 12.8. The van der Waals surface area contributed by atoms with Crippen molar-refractivity contribution in [2.24, 2.45) is 0 Å². The topological polar surface area (TPSA) is 58.6 Å². The first-order chi connectivity index (χ1) is 12.0. The molecule has 1 amide bonds. The third kappa shape index (κ3) is 3.90. The van der Waals surface area contributed by atoms with E-state index in [4.69, 9.17) is 4.74 Å². The molecular weight excluding hydrogens is 316 g/mol. The second kappa shape index (κ2) is 7.09. The number of carbonyl (C=O) groups is 1. The Labute approximate surface area is 148 Å². The van der Waals surface area contributed by atoms with E-state index in [-0.39, 0.29) is 5.91 Å². The summed E-state index contributed by atoms with van der Waals surface area (Å²) in [5.74, 6) is 2.20. The van der Waals surface area contributed by atoms with Gasteiger partial charge in [-0.15, -0.1) is 0 Å². The second-order valence-corrected chi connectivity index (χ2v) is 6.47. The average Bonchev–Trinajstić information content (AvgIpc) is 2.60. The molecule has 0 spiro atoms. The summed E-state index contributed by atoms with van der Waals surface area (Å²) in [6.07, 6.45) is 0. The largest absolute Gasteiger partial charge is 0.481 e. The van der Waals surface area contributed by atoms with Crippen molar-refractivity contribution in [1.29, 1.82) is 0 Å². The van der Waals surface area contributed by atoms with Crippen LogP contribution in [-0.4, -0.2) is 54.1 Å². The molecule has 1 aromatic carbocycles. The summed E-state index contributed by atoms with van der Waals surface area (Å²) in [6, 6.07) is 7.84. The Morgan fingerprint density at radius 2 is 1.60 bits per heavy atom. The Kier molecular flexibility index (Phi) is 4.88. The third-order valence-electron chi connectivity index (χ3n) is 4.37. The molecule has 2 heterocycles. The number of methoxy groups -OCH3 is 1. The Morgan fingerprint density at radius 1 is 0.960 bits per heavy atom. The van der Waals surface area contributed by atoms with Gasteiger partial charge in [0.05, 0.1) is 7.11 Å². The summed E-state index contributed by atoms with van der Waals surface area (Å²) in [4.78, 5) is 25.6. The van der Waals surface area contributed by atoms with Crippen molar-refractivity contribution < 1.29 is 9.53 Å². The fourth-order valence-corrected chi connectivity index (χ4v) is 3.21. The molecule has 0 atom stereocenters. The van der Waals surface area contributed by atoms with Crippen LogP contribution in [0.25, 0.3) is 0 Å². The fraction of sp³-hybridized carbons (Fsp3) is 0.421. The Hall–Kier alpha value is -2.63. The average molecular weight is 340 g/mol. The normalized spacial score (nSPS) is 14.6. The molecule has 132 valence electrons. The van der Waals surface area contributed by atoms with Crippen molar-refractivity contribution in [2.75, 3.05) is 38.2 Å². The zero-order valence-electron chi connectivity index (χ0n) is 15.2. The molecule has 3 rings (SSSR count). The standard InChI is InChI=1S/C19H24N4O2/c1-13-9-14(2)11-16(10-13)19(24)23-7-5-22(6-8-23)17-12-18(25-4)21-15(3)20-17/h9-12H,5-8H2,1-4H3. The number of carbonyl (C=O) groups excluding carboxylic acids is 1. The second-order valence-electron chi connectivity index (χ2n) is 6.47. The Morgan fingerprint density at radius 3 is 2.20 bits per heavy atom. The number of rotatable bonds is 3. The van der Waals surface area contributed by atoms with E-state index in [0.29, 0.717) is 24.8 Å². The van der Waals surface area contributed by atoms with Crippen molar-refractivity contribution in [3.05, 3.63) is 46.8 Å². The molecular formula is C19H24N4O2. The number of benzene rings is 1. The van der Waals surface area contributed by atoms with Gasteiger partial charge in [0.15, 0.2) is 0 Å². The van der Waals surface area contributed by atoms with E-state index in [0.717, 1.165) is 35.6 Å². The molecule has 1 fully saturated rings. The number of aryl methyl sites for hydroxylation is 3. The number of hydrogen-bond donors (Lipinski definition) is 0. The summed E-state index contributed by atoms with van der Waals surface area (Å²) >= 11 is 0. The lowest BCUT2D eigenvalue weighted by molar-refractivity contribution is 0.0746. The van der Waals surface area contributed by atoms with E-state index in [9.17, 15) is 4.79 Å². The number of nitrogens with zero attached hydrogens (tertiary/aromatic N) is 4. The van der Waals surface area contributed by atoms with Gasteiger partial charge in [-0.25, -0.2) is 4.98 Å². The third-order valence-corrected chi connectivity index (χ3v) is 4.37. The van der Waals surface area contributed by atoms with Crippen LogP contribution in [0.5, 0.6) is 5.88 Å². The summed E-state index contributed by atoms with van der Waals surface area (Å²) in [6.45, 7) is 8.74. The van der Waals surface area contributed by atoms with Gasteiger partial charge in [-0.1, -0.05) is 17.2 Å². The quantitative estimate of drug-likeness (QED) is 0.858. The molecule has 1 aliphatic rings. The highest BCUT2D eigenvalue weighted by Gasteiger charge is 2.23. The zero-order valence-corrected chi connectivity index (χ0v) is 15.2. The van der Waals surface area contributed by atoms with Gasteiger partial charge in [-0.05, 0) is 32.9 Å². The van der Waals surface area contributed by atoms with Gasteiger partial charge in [0.25, 0.3) is 5.91 Å². The molecule has 6 heteroatoms. The van der Waals surface area contributed by atoms with Crippen LogP contribution in [0.2, 0.25) is 0 Å². The summed E-state index contributed by atoms with van der Waals surface area (Å²) in [5, 5.41) is 0. The fourth-order valence-electron chi connectivity index (χ4n) is 3.21. The lowest BCUT2D eigenvalue weighted by Gasteiger charge is -2.35. The van der Waals surface area contributed by atoms with Crippen LogP contribution in [0.15, 0.2) is 24.3 Å². The number of ether oxygens (including phenoxy) is 1. The number of hydrogen-bond acceptors (Lipinski definition) is 5. The maximum atomic E-state index is 12.8. The molecule has 0 bridgehead atoms. The zero-order chi connectivity index (χ0) is 18.0. The van der Waals surface area contributed by atoms with E-state index < -0.39 is 0 Å². The first kappa shape index (κ1) is 17.2. The maximum Gasteiger partial charge on any atom is 0.253 e. The number of amides is 1. The van der Waals surface area contributed by atoms with E-state index in [1.165, 1.54) is 0 Å². The van der Waals surface area contributed by atoms with Crippen LogP contribution in [0.4, 0.5) is 5.82 Å². The highest BCUT2D eigenvalue weighted by Crippen LogP contribution is 2.20. The molecule has 1 saturated heterocycles. The van der Waals surface area contributed by atoms with E-state index in [1.54, 1.807) is 7.11 Å². The van der Waals surface area contributed by atoms with Crippen LogP contribution >= 0.6 is 0 Å². The minimum atomic E-state index is 0.0999. The lowest BCUT2D eigenvalue weighted by Crippen LogP contribution is -2.49. The van der Waals surface area contributed by atoms with Crippen molar-refractivity contribution in [2.45, 2.75) is 20.8 Å². The first-order valence-electron chi connectivity index (χ1n) is 8.48. The van der Waals surface area contributed by atoms with Crippen molar-refractivity contribution in [1.82, 2.24) is 14.9 Å². The SMILES string of the molecule is COc1cc(N2CCN(C(=O)c3cc(C)cc(C)c3)CC2)nc(C)n1. The molecule has 0 aliphatic carbocycles. The molecule has 1 aromatic heterocycles. The smallest absolute Gasteiger partial charge is 0.253 e. The first-order valence-corrected chi connectivity index (χ1v) is 8.48. The summed E-state index contributed by atoms with van der Waals surface area (Å²) in [5.41, 5.74) is 3.00. The molecule has 0 unspecified atom stereocenters. The minimum absolute atomic E-state index is 0.0999. The predicted octanol–water partition coefficient (Wildman–Crippen LogP) is 2.37. The van der Waals surface area contributed by atoms with Crippen LogP contribution in [0.1, 0.15) is 27.3 Å². The number of piperazine rings is 1. The van der Waals surface area contributed by atoms with E-state index >= 15 is 0 Å². The van der Waals surface area contributed by atoms with Crippen LogP contribution in [0, 0.1) is 20.8 Å². The van der Waals surface area contributed by atoms with Gasteiger partial charge in [-0.3, -0.25) is 4.79 Å². The van der Waals surface area contributed by atoms with E-state index in [2.05, 4.69) is 20.9 Å². The van der Waals surface area contributed by atoms with Gasteiger partial charge in [0.1, 0.15) is 11.6 Å². The van der Waals surface area contributed by atoms with Crippen molar-refractivity contribution >= 4 is 11.7 Å². The van der Waals surface area contributed by atoms with Crippen molar-refractivity contribution in [3.63, 3.8) is 0 Å². The van der Waals surface area contributed by atoms with Crippen LogP contribution in [0.3, 0.4) is 0 Å². The molecule has 1 aliphatic heterocycles. The van der Waals surface area contributed by atoms with Gasteiger partial charge in [0, 0.05) is 37.8 Å². The summed E-state index contributed by atoms with van der Waals surface area (Å²) < 4.78 is 5.22. The van der Waals surface area contributed by atoms with Gasteiger partial charge < -0.3 is 14.5 Å². The van der Waals surface area contributed by atoms with Crippen LogP contribution in [-0.2, 0) is 0 Å². The Bertz CT molecular complexity index is 763.